The van der Waals surface area contributed by atoms with Crippen molar-refractivity contribution < 1.29 is 4.39 Å². The van der Waals surface area contributed by atoms with E-state index in [2.05, 4.69) is 22.5 Å². The van der Waals surface area contributed by atoms with Gasteiger partial charge in [0.2, 0.25) is 0 Å². The molecule has 0 unspecified atom stereocenters. The van der Waals surface area contributed by atoms with Gasteiger partial charge in [0, 0.05) is 12.5 Å². The van der Waals surface area contributed by atoms with Crippen molar-refractivity contribution in [1.29, 1.82) is 5.26 Å². The Labute approximate surface area is 105 Å². The second kappa shape index (κ2) is 4.09. The van der Waals surface area contributed by atoms with E-state index in [9.17, 15) is 4.39 Å². The highest BCUT2D eigenvalue weighted by atomic mass is 19.1. The lowest BCUT2D eigenvalue weighted by atomic mass is 9.81. The minimum atomic E-state index is -0.234. The Morgan fingerprint density at radius 1 is 1.50 bits per heavy atom. The third-order valence-electron chi connectivity index (χ3n) is 3.70. The molecule has 1 aromatic heterocycles. The summed E-state index contributed by atoms with van der Waals surface area (Å²) in [5, 5.41) is 8.85. The molecule has 1 aliphatic rings. The van der Waals surface area contributed by atoms with Gasteiger partial charge in [-0.05, 0) is 31.0 Å². The SMILES string of the molecule is CCc1nc2ccc(F)cc2n1C1CC(C#N)C1. The lowest BCUT2D eigenvalue weighted by molar-refractivity contribution is 0.249. The molecule has 0 radical (unpaired) electrons. The van der Waals surface area contributed by atoms with Crippen LogP contribution in [-0.4, -0.2) is 9.55 Å². The molecule has 92 valence electrons. The van der Waals surface area contributed by atoms with Gasteiger partial charge >= 0.3 is 0 Å². The molecule has 1 aromatic carbocycles. The molecule has 0 amide bonds. The molecule has 1 saturated carbocycles. The Morgan fingerprint density at radius 3 is 2.94 bits per heavy atom. The molecule has 0 atom stereocenters. The number of halogens is 1. The van der Waals surface area contributed by atoms with Crippen LogP contribution in [0.5, 0.6) is 0 Å². The first-order valence-electron chi connectivity index (χ1n) is 6.29. The lowest BCUT2D eigenvalue weighted by Crippen LogP contribution is -2.26. The van der Waals surface area contributed by atoms with Crippen molar-refractivity contribution in [3.8, 4) is 6.07 Å². The number of fused-ring (bicyclic) bond motifs is 1. The van der Waals surface area contributed by atoms with Crippen LogP contribution in [0.15, 0.2) is 18.2 Å². The summed E-state index contributed by atoms with van der Waals surface area (Å²) in [5.41, 5.74) is 1.70. The highest BCUT2D eigenvalue weighted by molar-refractivity contribution is 5.76. The van der Waals surface area contributed by atoms with Gasteiger partial charge in [0.25, 0.3) is 0 Å². The fourth-order valence-corrected chi connectivity index (χ4v) is 2.68. The molecule has 0 spiro atoms. The van der Waals surface area contributed by atoms with Gasteiger partial charge in [-0.3, -0.25) is 0 Å². The number of benzene rings is 1. The number of nitrogens with zero attached hydrogens (tertiary/aromatic N) is 3. The van der Waals surface area contributed by atoms with E-state index in [4.69, 9.17) is 5.26 Å². The average Bonchev–Trinajstić information content (AvgIpc) is 2.66. The van der Waals surface area contributed by atoms with Crippen LogP contribution < -0.4 is 0 Å². The van der Waals surface area contributed by atoms with Crippen LogP contribution in [0.1, 0.15) is 31.6 Å². The van der Waals surface area contributed by atoms with Crippen LogP contribution in [0.4, 0.5) is 4.39 Å². The standard InChI is InChI=1S/C14H14FN3/c1-2-14-17-12-4-3-10(15)7-13(12)18(14)11-5-9(6-11)8-16/h3-4,7,9,11H,2,5-6H2,1H3. The van der Waals surface area contributed by atoms with Gasteiger partial charge < -0.3 is 4.57 Å². The summed E-state index contributed by atoms with van der Waals surface area (Å²) < 4.78 is 15.5. The largest absolute Gasteiger partial charge is 0.325 e. The smallest absolute Gasteiger partial charge is 0.125 e. The molecule has 0 aliphatic heterocycles. The average molecular weight is 243 g/mol. The molecule has 1 heterocycles. The maximum atomic E-state index is 13.4. The van der Waals surface area contributed by atoms with E-state index in [-0.39, 0.29) is 11.7 Å². The summed E-state index contributed by atoms with van der Waals surface area (Å²) >= 11 is 0. The minimum Gasteiger partial charge on any atom is -0.325 e. The fourth-order valence-electron chi connectivity index (χ4n) is 2.68. The summed E-state index contributed by atoms with van der Waals surface area (Å²) in [7, 11) is 0. The summed E-state index contributed by atoms with van der Waals surface area (Å²) in [6.45, 7) is 2.05. The lowest BCUT2D eigenvalue weighted by Gasteiger charge is -2.33. The summed E-state index contributed by atoms with van der Waals surface area (Å²) in [5.74, 6) is 0.894. The van der Waals surface area contributed by atoms with Gasteiger partial charge in [-0.2, -0.15) is 5.26 Å². The molecule has 3 rings (SSSR count). The summed E-state index contributed by atoms with van der Waals surface area (Å²) in [4.78, 5) is 4.54. The Hall–Kier alpha value is -1.89. The highest BCUT2D eigenvalue weighted by Gasteiger charge is 2.32. The van der Waals surface area contributed by atoms with Crippen LogP contribution in [0.25, 0.3) is 11.0 Å². The van der Waals surface area contributed by atoms with E-state index in [0.717, 1.165) is 36.1 Å². The zero-order valence-electron chi connectivity index (χ0n) is 10.2. The van der Waals surface area contributed by atoms with E-state index in [0.29, 0.717) is 6.04 Å². The Morgan fingerprint density at radius 2 is 2.28 bits per heavy atom. The minimum absolute atomic E-state index is 0.144. The quantitative estimate of drug-likeness (QED) is 0.812. The van der Waals surface area contributed by atoms with Crippen molar-refractivity contribution in [2.24, 2.45) is 5.92 Å². The predicted molar refractivity (Wildman–Crippen MR) is 66.4 cm³/mol. The molecule has 1 fully saturated rings. The van der Waals surface area contributed by atoms with Gasteiger partial charge in [-0.25, -0.2) is 9.37 Å². The van der Waals surface area contributed by atoms with Crippen molar-refractivity contribution in [3.05, 3.63) is 29.8 Å². The van der Waals surface area contributed by atoms with Crippen LogP contribution in [0.2, 0.25) is 0 Å². The van der Waals surface area contributed by atoms with Gasteiger partial charge in [0.05, 0.1) is 23.0 Å². The van der Waals surface area contributed by atoms with Gasteiger partial charge in [0.15, 0.2) is 0 Å². The van der Waals surface area contributed by atoms with Crippen molar-refractivity contribution in [2.75, 3.05) is 0 Å². The molecule has 0 bridgehead atoms. The van der Waals surface area contributed by atoms with Crippen LogP contribution >= 0.6 is 0 Å². The zero-order valence-corrected chi connectivity index (χ0v) is 10.2. The first kappa shape index (κ1) is 11.2. The fraction of sp³-hybridized carbons (Fsp3) is 0.429. The molecule has 0 saturated heterocycles. The summed E-state index contributed by atoms with van der Waals surface area (Å²) in [6, 6.07) is 7.29. The van der Waals surface area contributed by atoms with Crippen molar-refractivity contribution in [2.45, 2.75) is 32.2 Å². The van der Waals surface area contributed by atoms with E-state index in [1.165, 1.54) is 6.07 Å². The molecular weight excluding hydrogens is 229 g/mol. The second-order valence-electron chi connectivity index (χ2n) is 4.84. The van der Waals surface area contributed by atoms with Crippen LogP contribution in [-0.2, 0) is 6.42 Å². The topological polar surface area (TPSA) is 41.6 Å². The molecule has 1 aliphatic carbocycles. The third kappa shape index (κ3) is 1.59. The number of hydrogen-bond acceptors (Lipinski definition) is 2. The maximum Gasteiger partial charge on any atom is 0.125 e. The van der Waals surface area contributed by atoms with E-state index < -0.39 is 0 Å². The van der Waals surface area contributed by atoms with E-state index >= 15 is 0 Å². The van der Waals surface area contributed by atoms with Gasteiger partial charge in [-0.1, -0.05) is 6.92 Å². The molecule has 18 heavy (non-hydrogen) atoms. The molecule has 4 heteroatoms. The van der Waals surface area contributed by atoms with Crippen molar-refractivity contribution in [3.63, 3.8) is 0 Å². The highest BCUT2D eigenvalue weighted by Crippen LogP contribution is 2.40. The van der Waals surface area contributed by atoms with E-state index in [1.54, 1.807) is 12.1 Å². The second-order valence-corrected chi connectivity index (χ2v) is 4.84. The Bertz CT molecular complexity index is 632. The first-order valence-corrected chi connectivity index (χ1v) is 6.29. The van der Waals surface area contributed by atoms with Crippen molar-refractivity contribution in [1.82, 2.24) is 9.55 Å². The zero-order chi connectivity index (χ0) is 12.7. The number of nitriles is 1. The van der Waals surface area contributed by atoms with Crippen LogP contribution in [0.3, 0.4) is 0 Å². The van der Waals surface area contributed by atoms with E-state index in [1.807, 2.05) is 0 Å². The van der Waals surface area contributed by atoms with Gasteiger partial charge in [-0.15, -0.1) is 0 Å². The monoisotopic (exact) mass is 243 g/mol. The van der Waals surface area contributed by atoms with Gasteiger partial charge in [0.1, 0.15) is 11.6 Å². The molecule has 3 nitrogen and oxygen atoms in total. The third-order valence-corrected chi connectivity index (χ3v) is 3.70. The normalized spacial score (nSPS) is 22.7. The molecule has 0 N–H and O–H groups in total. The molecular formula is C14H14FN3. The van der Waals surface area contributed by atoms with Crippen LogP contribution in [0, 0.1) is 23.1 Å². The Balaban J connectivity index is 2.09. The number of rotatable bonds is 2. The molecule has 2 aromatic rings. The number of hydrogen-bond donors (Lipinski definition) is 0. The predicted octanol–water partition coefficient (Wildman–Crippen LogP) is 3.21. The van der Waals surface area contributed by atoms with Crippen molar-refractivity contribution >= 4 is 11.0 Å². The number of imidazole rings is 1. The maximum absolute atomic E-state index is 13.4. The number of aryl methyl sites for hydroxylation is 1. The first-order chi connectivity index (χ1) is 8.72. The number of aromatic nitrogens is 2. The Kier molecular flexibility index (Phi) is 2.55. The summed E-state index contributed by atoms with van der Waals surface area (Å²) in [6.07, 6.45) is 2.53.